The van der Waals surface area contributed by atoms with Gasteiger partial charge in [-0.05, 0) is 37.8 Å². The van der Waals surface area contributed by atoms with E-state index in [2.05, 4.69) is 29.2 Å². The van der Waals surface area contributed by atoms with Crippen molar-refractivity contribution in [3.05, 3.63) is 30.3 Å². The molecule has 1 saturated carbocycles. The molecule has 2 saturated heterocycles. The average molecular weight is 355 g/mol. The summed E-state index contributed by atoms with van der Waals surface area (Å²) in [6, 6.07) is 10.4. The number of piperazine rings is 1. The molecule has 3 aliphatic rings. The summed E-state index contributed by atoms with van der Waals surface area (Å²) < 4.78 is 0. The Kier molecular flexibility index (Phi) is 5.14. The summed E-state index contributed by atoms with van der Waals surface area (Å²) in [7, 11) is 0. The van der Waals surface area contributed by atoms with Crippen molar-refractivity contribution < 1.29 is 9.59 Å². The third-order valence-electron chi connectivity index (χ3n) is 6.32. The predicted molar refractivity (Wildman–Crippen MR) is 102 cm³/mol. The second-order valence-corrected chi connectivity index (χ2v) is 7.88. The summed E-state index contributed by atoms with van der Waals surface area (Å²) in [6.45, 7) is 4.92. The minimum absolute atomic E-state index is 0.101. The van der Waals surface area contributed by atoms with Crippen molar-refractivity contribution in [2.45, 2.75) is 32.1 Å². The summed E-state index contributed by atoms with van der Waals surface area (Å²) in [5.41, 5.74) is 1.24. The van der Waals surface area contributed by atoms with Crippen LogP contribution in [0.5, 0.6) is 0 Å². The van der Waals surface area contributed by atoms with Crippen molar-refractivity contribution >= 4 is 17.5 Å². The van der Waals surface area contributed by atoms with Crippen molar-refractivity contribution in [1.82, 2.24) is 9.80 Å². The van der Waals surface area contributed by atoms with Crippen LogP contribution in [0.3, 0.4) is 0 Å². The maximum atomic E-state index is 12.9. The fourth-order valence-corrected chi connectivity index (χ4v) is 4.34. The molecule has 0 N–H and O–H groups in total. The van der Waals surface area contributed by atoms with Gasteiger partial charge in [0.05, 0.1) is 0 Å². The standard InChI is InChI=1S/C21H29N3O2/c25-20(17-5-4-6-17)23-11-9-18(10-12-23)21(26)24-15-13-22(14-16-24)19-7-2-1-3-8-19/h1-3,7-8,17-18H,4-6,9-16H2. The van der Waals surface area contributed by atoms with Crippen LogP contribution in [0.25, 0.3) is 0 Å². The molecule has 2 heterocycles. The number of amides is 2. The molecule has 0 radical (unpaired) electrons. The van der Waals surface area contributed by atoms with Crippen molar-refractivity contribution in [2.24, 2.45) is 11.8 Å². The molecule has 2 aliphatic heterocycles. The molecule has 1 aliphatic carbocycles. The summed E-state index contributed by atoms with van der Waals surface area (Å²) in [4.78, 5) is 31.6. The number of benzene rings is 1. The van der Waals surface area contributed by atoms with Gasteiger partial charge in [0.25, 0.3) is 0 Å². The number of para-hydroxylation sites is 1. The van der Waals surface area contributed by atoms with Crippen molar-refractivity contribution in [2.75, 3.05) is 44.2 Å². The summed E-state index contributed by atoms with van der Waals surface area (Å²) in [5.74, 6) is 1.00. The van der Waals surface area contributed by atoms with E-state index in [1.807, 2.05) is 15.9 Å². The smallest absolute Gasteiger partial charge is 0.225 e. The number of likely N-dealkylation sites (tertiary alicyclic amines) is 1. The largest absolute Gasteiger partial charge is 0.368 e. The first-order chi connectivity index (χ1) is 12.7. The minimum Gasteiger partial charge on any atom is -0.368 e. The van der Waals surface area contributed by atoms with E-state index in [1.165, 1.54) is 12.1 Å². The third kappa shape index (κ3) is 3.57. The zero-order valence-electron chi connectivity index (χ0n) is 15.5. The molecular formula is C21H29N3O2. The number of nitrogens with zero attached hydrogens (tertiary/aromatic N) is 3. The molecule has 0 spiro atoms. The van der Waals surface area contributed by atoms with Crippen LogP contribution in [-0.4, -0.2) is 60.9 Å². The lowest BCUT2D eigenvalue weighted by Crippen LogP contribution is -2.52. The predicted octanol–water partition coefficient (Wildman–Crippen LogP) is 2.37. The Bertz CT molecular complexity index is 628. The highest BCUT2D eigenvalue weighted by Gasteiger charge is 2.35. The average Bonchev–Trinajstić information content (AvgIpc) is 2.67. The zero-order valence-corrected chi connectivity index (χ0v) is 15.5. The Balaban J connectivity index is 1.25. The van der Waals surface area contributed by atoms with E-state index in [9.17, 15) is 9.59 Å². The van der Waals surface area contributed by atoms with Gasteiger partial charge in [-0.2, -0.15) is 0 Å². The van der Waals surface area contributed by atoms with Gasteiger partial charge in [-0.15, -0.1) is 0 Å². The highest BCUT2D eigenvalue weighted by Crippen LogP contribution is 2.30. The Morgan fingerprint density at radius 3 is 1.77 bits per heavy atom. The number of carbonyl (C=O) groups excluding carboxylic acids is 2. The van der Waals surface area contributed by atoms with Gasteiger partial charge in [0.1, 0.15) is 0 Å². The molecule has 0 atom stereocenters. The van der Waals surface area contributed by atoms with Gasteiger partial charge < -0.3 is 14.7 Å². The van der Waals surface area contributed by atoms with E-state index in [0.717, 1.165) is 65.0 Å². The van der Waals surface area contributed by atoms with Gasteiger partial charge in [0, 0.05) is 56.8 Å². The van der Waals surface area contributed by atoms with Crippen LogP contribution >= 0.6 is 0 Å². The van der Waals surface area contributed by atoms with Crippen LogP contribution in [0.1, 0.15) is 32.1 Å². The van der Waals surface area contributed by atoms with Crippen LogP contribution in [0.4, 0.5) is 5.69 Å². The van der Waals surface area contributed by atoms with Crippen molar-refractivity contribution in [1.29, 1.82) is 0 Å². The highest BCUT2D eigenvalue weighted by molar-refractivity contribution is 5.81. The molecule has 2 amide bonds. The molecule has 140 valence electrons. The van der Waals surface area contributed by atoms with Crippen LogP contribution in [0.2, 0.25) is 0 Å². The van der Waals surface area contributed by atoms with Crippen LogP contribution in [0.15, 0.2) is 30.3 Å². The number of hydrogen-bond donors (Lipinski definition) is 0. The number of carbonyl (C=O) groups is 2. The van der Waals surface area contributed by atoms with Gasteiger partial charge in [-0.1, -0.05) is 24.6 Å². The summed E-state index contributed by atoms with van der Waals surface area (Å²) in [6.07, 6.45) is 4.97. The summed E-state index contributed by atoms with van der Waals surface area (Å²) >= 11 is 0. The Labute approximate surface area is 155 Å². The van der Waals surface area contributed by atoms with Gasteiger partial charge in [0.2, 0.25) is 11.8 Å². The lowest BCUT2D eigenvalue weighted by Gasteiger charge is -2.40. The van der Waals surface area contributed by atoms with Crippen LogP contribution in [0, 0.1) is 11.8 Å². The fourth-order valence-electron chi connectivity index (χ4n) is 4.34. The monoisotopic (exact) mass is 355 g/mol. The minimum atomic E-state index is 0.101. The number of rotatable bonds is 3. The van der Waals surface area contributed by atoms with E-state index in [-0.39, 0.29) is 11.8 Å². The third-order valence-corrected chi connectivity index (χ3v) is 6.32. The molecule has 1 aromatic carbocycles. The maximum absolute atomic E-state index is 12.9. The van der Waals surface area contributed by atoms with E-state index < -0.39 is 0 Å². The van der Waals surface area contributed by atoms with Gasteiger partial charge >= 0.3 is 0 Å². The van der Waals surface area contributed by atoms with E-state index in [4.69, 9.17) is 0 Å². The van der Waals surface area contributed by atoms with Gasteiger partial charge in [-0.3, -0.25) is 9.59 Å². The normalized spacial score (nSPS) is 22.2. The molecule has 4 rings (SSSR count). The Morgan fingerprint density at radius 1 is 0.692 bits per heavy atom. The number of anilines is 1. The molecule has 0 unspecified atom stereocenters. The topological polar surface area (TPSA) is 43.9 Å². The van der Waals surface area contributed by atoms with Gasteiger partial charge in [0.15, 0.2) is 0 Å². The van der Waals surface area contributed by atoms with Gasteiger partial charge in [-0.25, -0.2) is 0 Å². The second-order valence-electron chi connectivity index (χ2n) is 7.88. The molecule has 5 heteroatoms. The van der Waals surface area contributed by atoms with Crippen LogP contribution < -0.4 is 4.90 Å². The number of hydrogen-bond acceptors (Lipinski definition) is 3. The molecule has 5 nitrogen and oxygen atoms in total. The lowest BCUT2D eigenvalue weighted by molar-refractivity contribution is -0.144. The highest BCUT2D eigenvalue weighted by atomic mass is 16.2. The Morgan fingerprint density at radius 2 is 1.23 bits per heavy atom. The lowest BCUT2D eigenvalue weighted by atomic mass is 9.83. The fraction of sp³-hybridized carbons (Fsp3) is 0.619. The van der Waals surface area contributed by atoms with Crippen molar-refractivity contribution in [3.8, 4) is 0 Å². The summed E-state index contributed by atoms with van der Waals surface area (Å²) in [5, 5.41) is 0. The van der Waals surface area contributed by atoms with E-state index >= 15 is 0 Å². The quantitative estimate of drug-likeness (QED) is 0.836. The number of piperidine rings is 1. The molecule has 0 bridgehead atoms. The molecule has 26 heavy (non-hydrogen) atoms. The van der Waals surface area contributed by atoms with E-state index in [0.29, 0.717) is 11.8 Å². The van der Waals surface area contributed by atoms with Crippen LogP contribution in [-0.2, 0) is 9.59 Å². The first-order valence-corrected chi connectivity index (χ1v) is 10.1. The molecule has 1 aromatic rings. The molecule has 0 aromatic heterocycles. The SMILES string of the molecule is O=C(C1CCC1)N1CCC(C(=O)N2CCN(c3ccccc3)CC2)CC1. The zero-order chi connectivity index (χ0) is 17.9. The second kappa shape index (κ2) is 7.68. The molecule has 3 fully saturated rings. The Hall–Kier alpha value is -2.04. The maximum Gasteiger partial charge on any atom is 0.225 e. The molecular weight excluding hydrogens is 326 g/mol. The van der Waals surface area contributed by atoms with E-state index in [1.54, 1.807) is 0 Å². The van der Waals surface area contributed by atoms with Crippen molar-refractivity contribution in [3.63, 3.8) is 0 Å². The first-order valence-electron chi connectivity index (χ1n) is 10.1. The first kappa shape index (κ1) is 17.4.